The first-order chi connectivity index (χ1) is 7.19. The number of halogens is 1. The van der Waals surface area contributed by atoms with Crippen LogP contribution in [0.4, 0.5) is 0 Å². The van der Waals surface area contributed by atoms with Gasteiger partial charge in [0, 0.05) is 18.8 Å². The van der Waals surface area contributed by atoms with Gasteiger partial charge in [0.2, 0.25) is 0 Å². The van der Waals surface area contributed by atoms with Crippen molar-refractivity contribution in [2.24, 2.45) is 11.3 Å². The quantitative estimate of drug-likeness (QED) is 0.724. The Labute approximate surface area is 95.8 Å². The minimum atomic E-state index is 0.210. The SMILES string of the molecule is CCn1ncnc1CC(C)(CCl)C1CC1. The zero-order valence-electron chi connectivity index (χ0n) is 9.41. The first-order valence-corrected chi connectivity index (χ1v) is 6.15. The Morgan fingerprint density at radius 2 is 2.33 bits per heavy atom. The fourth-order valence-electron chi connectivity index (χ4n) is 2.13. The molecule has 1 aromatic rings. The third kappa shape index (κ3) is 2.17. The van der Waals surface area contributed by atoms with Crippen LogP contribution in [0.15, 0.2) is 6.33 Å². The number of hydrogen-bond acceptors (Lipinski definition) is 2. The van der Waals surface area contributed by atoms with Gasteiger partial charge in [0.15, 0.2) is 0 Å². The van der Waals surface area contributed by atoms with E-state index in [2.05, 4.69) is 23.9 Å². The summed E-state index contributed by atoms with van der Waals surface area (Å²) in [5, 5.41) is 4.20. The third-order valence-electron chi connectivity index (χ3n) is 3.43. The molecule has 1 unspecified atom stereocenters. The van der Waals surface area contributed by atoms with Crippen LogP contribution in [0, 0.1) is 11.3 Å². The van der Waals surface area contributed by atoms with Gasteiger partial charge in [0.1, 0.15) is 12.2 Å². The number of alkyl halides is 1. The second-order valence-corrected chi connectivity index (χ2v) is 5.00. The summed E-state index contributed by atoms with van der Waals surface area (Å²) in [5.74, 6) is 2.58. The molecule has 0 aromatic carbocycles. The van der Waals surface area contributed by atoms with E-state index in [9.17, 15) is 0 Å². The molecule has 1 atom stereocenters. The van der Waals surface area contributed by atoms with Crippen LogP contribution in [0.1, 0.15) is 32.5 Å². The summed E-state index contributed by atoms with van der Waals surface area (Å²) in [6, 6.07) is 0. The highest BCUT2D eigenvalue weighted by Crippen LogP contribution is 2.47. The fourth-order valence-corrected chi connectivity index (χ4v) is 2.44. The molecule has 2 rings (SSSR count). The summed E-state index contributed by atoms with van der Waals surface area (Å²) >= 11 is 6.10. The molecule has 0 saturated heterocycles. The van der Waals surface area contributed by atoms with E-state index in [-0.39, 0.29) is 5.41 Å². The Morgan fingerprint density at radius 3 is 2.87 bits per heavy atom. The number of rotatable bonds is 5. The van der Waals surface area contributed by atoms with Crippen LogP contribution in [0.2, 0.25) is 0 Å². The second kappa shape index (κ2) is 4.12. The molecule has 0 bridgehead atoms. The Balaban J connectivity index is 2.12. The molecule has 1 heterocycles. The first-order valence-electron chi connectivity index (χ1n) is 5.62. The normalized spacial score (nSPS) is 20.2. The standard InChI is InChI=1S/C11H18ClN3/c1-3-15-10(13-8-14-15)6-11(2,7-12)9-4-5-9/h8-9H,3-7H2,1-2H3. The van der Waals surface area contributed by atoms with Gasteiger partial charge in [0.25, 0.3) is 0 Å². The van der Waals surface area contributed by atoms with Crippen LogP contribution in [0.3, 0.4) is 0 Å². The van der Waals surface area contributed by atoms with E-state index in [0.29, 0.717) is 5.88 Å². The van der Waals surface area contributed by atoms with Gasteiger partial charge in [0.05, 0.1) is 0 Å². The lowest BCUT2D eigenvalue weighted by Gasteiger charge is -2.26. The van der Waals surface area contributed by atoms with E-state index in [1.54, 1.807) is 6.33 Å². The fraction of sp³-hybridized carbons (Fsp3) is 0.818. The topological polar surface area (TPSA) is 30.7 Å². The zero-order valence-corrected chi connectivity index (χ0v) is 10.2. The lowest BCUT2D eigenvalue weighted by atomic mass is 9.83. The average Bonchev–Trinajstić information content (AvgIpc) is 3.01. The highest BCUT2D eigenvalue weighted by molar-refractivity contribution is 6.18. The molecule has 3 nitrogen and oxygen atoms in total. The van der Waals surface area contributed by atoms with Crippen LogP contribution in [0.25, 0.3) is 0 Å². The van der Waals surface area contributed by atoms with E-state index >= 15 is 0 Å². The van der Waals surface area contributed by atoms with E-state index in [0.717, 1.165) is 24.7 Å². The maximum atomic E-state index is 6.10. The van der Waals surface area contributed by atoms with E-state index in [1.807, 2.05) is 4.68 Å². The van der Waals surface area contributed by atoms with Crippen molar-refractivity contribution in [1.82, 2.24) is 14.8 Å². The smallest absolute Gasteiger partial charge is 0.138 e. The molecule has 1 aliphatic rings. The molecule has 1 fully saturated rings. The van der Waals surface area contributed by atoms with Gasteiger partial charge >= 0.3 is 0 Å². The Hall–Kier alpha value is -0.570. The minimum Gasteiger partial charge on any atom is -0.250 e. The summed E-state index contributed by atoms with van der Waals surface area (Å²) in [6.45, 7) is 5.25. The van der Waals surface area contributed by atoms with Gasteiger partial charge in [-0.25, -0.2) is 4.98 Å². The number of aromatic nitrogens is 3. The molecular formula is C11H18ClN3. The molecule has 0 radical (unpaired) electrons. The van der Waals surface area contributed by atoms with Gasteiger partial charge in [-0.1, -0.05) is 6.92 Å². The number of nitrogens with zero attached hydrogens (tertiary/aromatic N) is 3. The molecule has 0 amide bonds. The predicted molar refractivity (Wildman–Crippen MR) is 61.0 cm³/mol. The van der Waals surface area contributed by atoms with Crippen molar-refractivity contribution in [3.8, 4) is 0 Å². The van der Waals surface area contributed by atoms with E-state index in [1.165, 1.54) is 12.8 Å². The molecule has 0 N–H and O–H groups in total. The van der Waals surface area contributed by atoms with Gasteiger partial charge in [-0.05, 0) is 31.1 Å². The lowest BCUT2D eigenvalue weighted by Crippen LogP contribution is -2.26. The molecule has 1 saturated carbocycles. The summed E-state index contributed by atoms with van der Waals surface area (Å²) < 4.78 is 1.97. The number of hydrogen-bond donors (Lipinski definition) is 0. The Kier molecular flexibility index (Phi) is 3.01. The third-order valence-corrected chi connectivity index (χ3v) is 4.04. The van der Waals surface area contributed by atoms with Crippen LogP contribution < -0.4 is 0 Å². The van der Waals surface area contributed by atoms with E-state index in [4.69, 9.17) is 11.6 Å². The van der Waals surface area contributed by atoms with Crippen molar-refractivity contribution in [2.45, 2.75) is 39.7 Å². The first kappa shape index (κ1) is 10.9. The molecule has 4 heteroatoms. The average molecular weight is 228 g/mol. The van der Waals surface area contributed by atoms with Crippen LogP contribution in [0.5, 0.6) is 0 Å². The predicted octanol–water partition coefficient (Wildman–Crippen LogP) is 2.50. The molecule has 15 heavy (non-hydrogen) atoms. The van der Waals surface area contributed by atoms with Crippen LogP contribution in [-0.2, 0) is 13.0 Å². The molecule has 0 spiro atoms. The van der Waals surface area contributed by atoms with Crippen LogP contribution >= 0.6 is 11.6 Å². The minimum absolute atomic E-state index is 0.210. The monoisotopic (exact) mass is 227 g/mol. The molecule has 0 aliphatic heterocycles. The van der Waals surface area contributed by atoms with Gasteiger partial charge in [-0.15, -0.1) is 11.6 Å². The van der Waals surface area contributed by atoms with Crippen molar-refractivity contribution >= 4 is 11.6 Å². The van der Waals surface area contributed by atoms with Crippen molar-refractivity contribution < 1.29 is 0 Å². The molecule has 1 aliphatic carbocycles. The van der Waals surface area contributed by atoms with Crippen LogP contribution in [-0.4, -0.2) is 20.6 Å². The van der Waals surface area contributed by atoms with E-state index < -0.39 is 0 Å². The number of aryl methyl sites for hydroxylation is 1. The summed E-state index contributed by atoms with van der Waals surface area (Å²) in [4.78, 5) is 4.32. The van der Waals surface area contributed by atoms with Crippen molar-refractivity contribution in [3.63, 3.8) is 0 Å². The Morgan fingerprint density at radius 1 is 1.60 bits per heavy atom. The zero-order chi connectivity index (χ0) is 10.9. The van der Waals surface area contributed by atoms with Crippen molar-refractivity contribution in [2.75, 3.05) is 5.88 Å². The summed E-state index contributed by atoms with van der Waals surface area (Å²) in [5.41, 5.74) is 0.210. The maximum Gasteiger partial charge on any atom is 0.138 e. The molecular weight excluding hydrogens is 210 g/mol. The maximum absolute atomic E-state index is 6.10. The second-order valence-electron chi connectivity index (χ2n) is 4.73. The highest BCUT2D eigenvalue weighted by atomic mass is 35.5. The highest BCUT2D eigenvalue weighted by Gasteiger charge is 2.41. The molecule has 84 valence electrons. The van der Waals surface area contributed by atoms with Crippen molar-refractivity contribution in [3.05, 3.63) is 12.2 Å². The van der Waals surface area contributed by atoms with Gasteiger partial charge < -0.3 is 0 Å². The van der Waals surface area contributed by atoms with Gasteiger partial charge in [-0.3, -0.25) is 4.68 Å². The largest absolute Gasteiger partial charge is 0.250 e. The summed E-state index contributed by atoms with van der Waals surface area (Å²) in [7, 11) is 0. The Bertz CT molecular complexity index is 332. The van der Waals surface area contributed by atoms with Crippen molar-refractivity contribution in [1.29, 1.82) is 0 Å². The summed E-state index contributed by atoms with van der Waals surface area (Å²) in [6.07, 6.45) is 5.24. The lowest BCUT2D eigenvalue weighted by molar-refractivity contribution is 0.300. The molecule has 1 aromatic heterocycles. The van der Waals surface area contributed by atoms with Gasteiger partial charge in [-0.2, -0.15) is 5.10 Å².